The molecule has 8 nitrogen and oxygen atoms in total. The second-order valence-electron chi connectivity index (χ2n) is 7.34. The molecule has 1 fully saturated rings. The highest BCUT2D eigenvalue weighted by atomic mass is 32.2. The van der Waals surface area contributed by atoms with Crippen LogP contribution in [-0.2, 0) is 21.4 Å². The van der Waals surface area contributed by atoms with Crippen LogP contribution in [0.25, 0.3) is 0 Å². The van der Waals surface area contributed by atoms with Crippen LogP contribution in [0, 0.1) is 0 Å². The van der Waals surface area contributed by atoms with Crippen LogP contribution in [0.1, 0.15) is 15.9 Å². The average Bonchev–Trinajstić information content (AvgIpc) is 2.78. The first kappa shape index (κ1) is 24.5. The van der Waals surface area contributed by atoms with Gasteiger partial charge in [0.05, 0.1) is 18.6 Å². The third kappa shape index (κ3) is 6.23. The smallest absolute Gasteiger partial charge is 0.406 e. The van der Waals surface area contributed by atoms with E-state index < -0.39 is 34.6 Å². The Hall–Kier alpha value is -3.12. The van der Waals surface area contributed by atoms with Gasteiger partial charge in [0.1, 0.15) is 12.3 Å². The zero-order valence-corrected chi connectivity index (χ0v) is 18.4. The molecular formula is C21H22F3N3O5S. The molecular weight excluding hydrogens is 463 g/mol. The van der Waals surface area contributed by atoms with Crippen LogP contribution >= 0.6 is 0 Å². The van der Waals surface area contributed by atoms with Gasteiger partial charge in [0, 0.05) is 25.2 Å². The van der Waals surface area contributed by atoms with Gasteiger partial charge in [-0.2, -0.15) is 17.5 Å². The molecule has 0 radical (unpaired) electrons. The minimum absolute atomic E-state index is 0.0456. The summed E-state index contributed by atoms with van der Waals surface area (Å²) in [4.78, 5) is 24.9. The van der Waals surface area contributed by atoms with Crippen LogP contribution in [0.2, 0.25) is 0 Å². The number of carbonyl (C=O) groups is 2. The van der Waals surface area contributed by atoms with Crippen molar-refractivity contribution in [1.29, 1.82) is 0 Å². The number of sulfonamides is 1. The standard InChI is InChI=1S/C21H22F3N3O5S/c1-32-17-7-5-15(6-8-17)12-26(14-21(22,23)24)20(29)16-3-2-4-18(11-16)33(30,31)27-10-9-25-19(28)13-27/h2-8,11H,9-10,12-14H2,1H3,(H,25,28). The molecule has 0 spiro atoms. The molecule has 2 amide bonds. The van der Waals surface area contributed by atoms with E-state index in [4.69, 9.17) is 4.74 Å². The lowest BCUT2D eigenvalue weighted by atomic mass is 10.1. The van der Waals surface area contributed by atoms with Gasteiger partial charge in [-0.25, -0.2) is 8.42 Å². The maximum Gasteiger partial charge on any atom is 0.406 e. The molecule has 33 heavy (non-hydrogen) atoms. The van der Waals surface area contributed by atoms with Gasteiger partial charge in [-0.1, -0.05) is 18.2 Å². The van der Waals surface area contributed by atoms with Crippen LogP contribution in [0.5, 0.6) is 5.75 Å². The summed E-state index contributed by atoms with van der Waals surface area (Å²) < 4.78 is 71.4. The van der Waals surface area contributed by atoms with Gasteiger partial charge in [0.25, 0.3) is 5.91 Å². The highest BCUT2D eigenvalue weighted by molar-refractivity contribution is 7.89. The fraction of sp³-hybridized carbons (Fsp3) is 0.333. The molecule has 0 saturated carbocycles. The lowest BCUT2D eigenvalue weighted by Gasteiger charge is -2.26. The van der Waals surface area contributed by atoms with E-state index in [1.54, 1.807) is 12.1 Å². The molecule has 12 heteroatoms. The molecule has 2 aromatic carbocycles. The Morgan fingerprint density at radius 1 is 1.18 bits per heavy atom. The summed E-state index contributed by atoms with van der Waals surface area (Å²) in [6.07, 6.45) is -4.66. The largest absolute Gasteiger partial charge is 0.497 e. The van der Waals surface area contributed by atoms with Gasteiger partial charge in [0.15, 0.2) is 0 Å². The number of ether oxygens (including phenoxy) is 1. The van der Waals surface area contributed by atoms with Crippen molar-refractivity contribution in [2.45, 2.75) is 17.6 Å². The van der Waals surface area contributed by atoms with E-state index in [0.29, 0.717) is 16.2 Å². The molecule has 3 rings (SSSR count). The molecule has 178 valence electrons. The molecule has 1 aliphatic heterocycles. The lowest BCUT2D eigenvalue weighted by Crippen LogP contribution is -2.49. The number of rotatable bonds is 7. The molecule has 1 saturated heterocycles. The van der Waals surface area contributed by atoms with Crippen molar-refractivity contribution >= 4 is 21.8 Å². The zero-order chi connectivity index (χ0) is 24.2. The maximum absolute atomic E-state index is 13.2. The van der Waals surface area contributed by atoms with Crippen molar-refractivity contribution in [2.24, 2.45) is 0 Å². The van der Waals surface area contributed by atoms with Gasteiger partial charge in [-0.3, -0.25) is 9.59 Å². The number of amides is 2. The van der Waals surface area contributed by atoms with Crippen molar-refractivity contribution in [3.8, 4) is 5.75 Å². The summed E-state index contributed by atoms with van der Waals surface area (Å²) in [5.41, 5.74) is 0.229. The molecule has 0 aliphatic carbocycles. The molecule has 0 bridgehead atoms. The zero-order valence-electron chi connectivity index (χ0n) is 17.6. The van der Waals surface area contributed by atoms with Crippen LogP contribution in [0.4, 0.5) is 13.2 Å². The minimum Gasteiger partial charge on any atom is -0.497 e. The number of methoxy groups -OCH3 is 1. The van der Waals surface area contributed by atoms with Crippen LogP contribution in [-0.4, -0.2) is 68.9 Å². The van der Waals surface area contributed by atoms with Crippen molar-refractivity contribution in [3.05, 3.63) is 59.7 Å². The Morgan fingerprint density at radius 2 is 1.88 bits per heavy atom. The van der Waals surface area contributed by atoms with E-state index in [9.17, 15) is 31.2 Å². The molecule has 1 heterocycles. The quantitative estimate of drug-likeness (QED) is 0.648. The summed E-state index contributed by atoms with van der Waals surface area (Å²) in [6, 6.07) is 11.0. The normalized spacial score (nSPS) is 15.1. The minimum atomic E-state index is -4.66. The van der Waals surface area contributed by atoms with Gasteiger partial charge >= 0.3 is 6.18 Å². The predicted octanol–water partition coefficient (Wildman–Crippen LogP) is 2.02. The summed E-state index contributed by atoms with van der Waals surface area (Å²) in [5, 5.41) is 2.51. The van der Waals surface area contributed by atoms with Crippen molar-refractivity contribution in [3.63, 3.8) is 0 Å². The number of hydrogen-bond donors (Lipinski definition) is 1. The fourth-order valence-electron chi connectivity index (χ4n) is 3.31. The number of nitrogens with zero attached hydrogens (tertiary/aromatic N) is 2. The molecule has 1 aliphatic rings. The van der Waals surface area contributed by atoms with Gasteiger partial charge < -0.3 is 15.0 Å². The molecule has 1 N–H and O–H groups in total. The number of nitrogens with one attached hydrogen (secondary N) is 1. The monoisotopic (exact) mass is 485 g/mol. The number of carbonyl (C=O) groups excluding carboxylic acids is 2. The second-order valence-corrected chi connectivity index (χ2v) is 9.28. The van der Waals surface area contributed by atoms with Gasteiger partial charge in [-0.15, -0.1) is 0 Å². The van der Waals surface area contributed by atoms with Crippen LogP contribution < -0.4 is 10.1 Å². The number of hydrogen-bond acceptors (Lipinski definition) is 5. The Labute approximate surface area is 189 Å². The molecule has 0 atom stereocenters. The van der Waals surface area contributed by atoms with E-state index in [0.717, 1.165) is 10.4 Å². The third-order valence-corrected chi connectivity index (χ3v) is 6.75. The lowest BCUT2D eigenvalue weighted by molar-refractivity contribution is -0.141. The van der Waals surface area contributed by atoms with Gasteiger partial charge in [-0.05, 0) is 35.9 Å². The Balaban J connectivity index is 1.88. The van der Waals surface area contributed by atoms with Crippen LogP contribution in [0.3, 0.4) is 0 Å². The molecule has 2 aromatic rings. The van der Waals surface area contributed by atoms with Gasteiger partial charge in [0.2, 0.25) is 15.9 Å². The highest BCUT2D eigenvalue weighted by Gasteiger charge is 2.34. The fourth-order valence-corrected chi connectivity index (χ4v) is 4.75. The van der Waals surface area contributed by atoms with E-state index >= 15 is 0 Å². The third-order valence-electron chi connectivity index (χ3n) is 4.91. The van der Waals surface area contributed by atoms with Crippen molar-refractivity contribution in [1.82, 2.24) is 14.5 Å². The number of piperazine rings is 1. The van der Waals surface area contributed by atoms with E-state index in [1.807, 2.05) is 0 Å². The SMILES string of the molecule is COc1ccc(CN(CC(F)(F)F)C(=O)c2cccc(S(=O)(=O)N3CCNC(=O)C3)c2)cc1. The van der Waals surface area contributed by atoms with E-state index in [1.165, 1.54) is 37.4 Å². The van der Waals surface area contributed by atoms with E-state index in [2.05, 4.69) is 5.32 Å². The Kier molecular flexibility index (Phi) is 7.28. The first-order valence-electron chi connectivity index (χ1n) is 9.85. The van der Waals surface area contributed by atoms with Crippen molar-refractivity contribution < 1.29 is 35.9 Å². The first-order chi connectivity index (χ1) is 15.5. The molecule has 0 aromatic heterocycles. The molecule has 0 unspecified atom stereocenters. The number of halogens is 3. The maximum atomic E-state index is 13.2. The first-order valence-corrected chi connectivity index (χ1v) is 11.3. The highest BCUT2D eigenvalue weighted by Crippen LogP contribution is 2.23. The summed E-state index contributed by atoms with van der Waals surface area (Å²) in [6.45, 7) is -2.05. The summed E-state index contributed by atoms with van der Waals surface area (Å²) >= 11 is 0. The Morgan fingerprint density at radius 3 is 2.48 bits per heavy atom. The second kappa shape index (κ2) is 9.79. The number of alkyl halides is 3. The number of benzene rings is 2. The average molecular weight is 485 g/mol. The van der Waals surface area contributed by atoms with Crippen LogP contribution in [0.15, 0.2) is 53.4 Å². The topological polar surface area (TPSA) is 96.0 Å². The van der Waals surface area contributed by atoms with Crippen molar-refractivity contribution in [2.75, 3.05) is 33.3 Å². The Bertz CT molecular complexity index is 1120. The summed E-state index contributed by atoms with van der Waals surface area (Å²) in [7, 11) is -2.66. The summed E-state index contributed by atoms with van der Waals surface area (Å²) in [5.74, 6) is -0.929. The predicted molar refractivity (Wildman–Crippen MR) is 112 cm³/mol. The van der Waals surface area contributed by atoms with E-state index in [-0.39, 0.29) is 36.6 Å².